The van der Waals surface area contributed by atoms with Gasteiger partial charge in [-0.2, -0.15) is 0 Å². The highest BCUT2D eigenvalue weighted by Crippen LogP contribution is 2.31. The van der Waals surface area contributed by atoms with Gasteiger partial charge in [-0.1, -0.05) is 146 Å². The Morgan fingerprint density at radius 2 is 0.667 bits per heavy atom. The first kappa shape index (κ1) is 29.4. The molecular weight excluding hydrogens is 548 g/mol. The van der Waals surface area contributed by atoms with Crippen LogP contribution < -0.4 is 10.6 Å². The highest BCUT2D eigenvalue weighted by atomic mass is 16.5. The Balaban J connectivity index is 1.20. The maximum Gasteiger partial charge on any atom is 0.102 e. The van der Waals surface area contributed by atoms with Gasteiger partial charge in [-0.15, -0.1) is 0 Å². The Bertz CT molecular complexity index is 1650. The van der Waals surface area contributed by atoms with E-state index in [1.165, 1.54) is 0 Å². The van der Waals surface area contributed by atoms with E-state index in [4.69, 9.17) is 4.74 Å². The van der Waals surface area contributed by atoms with E-state index in [9.17, 15) is 0 Å². The molecule has 2 unspecified atom stereocenters. The molecule has 0 aliphatic rings. The molecule has 2 atom stereocenters. The fraction of sp³-hybridized carbons (Fsp3) is 0.0476. The summed E-state index contributed by atoms with van der Waals surface area (Å²) in [6.45, 7) is 0. The quantitative estimate of drug-likeness (QED) is 0.150. The third kappa shape index (κ3) is 8.70. The molecule has 0 amide bonds. The highest BCUT2D eigenvalue weighted by molar-refractivity contribution is 5.63. The van der Waals surface area contributed by atoms with Gasteiger partial charge in [0.25, 0.3) is 0 Å². The molecule has 0 radical (unpaired) electrons. The first-order chi connectivity index (χ1) is 22.3. The van der Waals surface area contributed by atoms with Crippen molar-refractivity contribution in [3.05, 3.63) is 204 Å². The van der Waals surface area contributed by atoms with E-state index in [0.717, 1.165) is 45.0 Å². The van der Waals surface area contributed by atoms with Crippen LogP contribution in [0.5, 0.6) is 0 Å². The average Bonchev–Trinajstić information content (AvgIpc) is 3.11. The highest BCUT2D eigenvalue weighted by Gasteiger charge is 2.16. The zero-order valence-electron chi connectivity index (χ0n) is 25.0. The molecule has 0 saturated heterocycles. The third-order valence-electron chi connectivity index (χ3n) is 7.42. The number of hydrogen-bond acceptors (Lipinski definition) is 3. The first-order valence-electron chi connectivity index (χ1n) is 15.2. The van der Waals surface area contributed by atoms with E-state index in [0.29, 0.717) is 0 Å². The number of benzene rings is 6. The Kier molecular flexibility index (Phi) is 9.94. The van der Waals surface area contributed by atoms with Crippen molar-refractivity contribution in [2.45, 2.75) is 12.2 Å². The van der Waals surface area contributed by atoms with Gasteiger partial charge in [-0.05, 0) is 70.8 Å². The maximum absolute atomic E-state index is 6.87. The molecule has 220 valence electrons. The molecule has 45 heavy (non-hydrogen) atoms. The minimum atomic E-state index is -0.249. The summed E-state index contributed by atoms with van der Waals surface area (Å²) in [5.41, 5.74) is 8.64. The largest absolute Gasteiger partial charge is 0.357 e. The van der Waals surface area contributed by atoms with Crippen molar-refractivity contribution in [2.75, 3.05) is 10.6 Å². The molecule has 0 aliphatic carbocycles. The summed E-state index contributed by atoms with van der Waals surface area (Å²) in [7, 11) is 0. The molecule has 6 aromatic carbocycles. The van der Waals surface area contributed by atoms with Gasteiger partial charge in [0.2, 0.25) is 0 Å². The molecule has 3 nitrogen and oxygen atoms in total. The zero-order valence-corrected chi connectivity index (χ0v) is 25.0. The summed E-state index contributed by atoms with van der Waals surface area (Å²) in [6, 6.07) is 58.0. The molecule has 0 heterocycles. The van der Waals surface area contributed by atoms with Crippen LogP contribution in [0, 0.1) is 0 Å². The monoisotopic (exact) mass is 584 g/mol. The molecule has 0 fully saturated rings. The fourth-order valence-corrected chi connectivity index (χ4v) is 5.04. The van der Waals surface area contributed by atoms with Crippen molar-refractivity contribution >= 4 is 34.9 Å². The number of nitrogens with one attached hydrogen (secondary N) is 2. The summed E-state index contributed by atoms with van der Waals surface area (Å²) >= 11 is 0. The summed E-state index contributed by atoms with van der Waals surface area (Å²) in [5, 5.41) is 6.90. The minimum Gasteiger partial charge on any atom is -0.357 e. The van der Waals surface area contributed by atoms with Gasteiger partial charge < -0.3 is 15.4 Å². The fourth-order valence-electron chi connectivity index (χ4n) is 5.04. The maximum atomic E-state index is 6.87. The van der Waals surface area contributed by atoms with Gasteiger partial charge in [-0.25, -0.2) is 0 Å². The van der Waals surface area contributed by atoms with Crippen LogP contribution in [0.3, 0.4) is 0 Å². The summed E-state index contributed by atoms with van der Waals surface area (Å²) in [5.74, 6) is 0. The first-order valence-corrected chi connectivity index (χ1v) is 15.2. The van der Waals surface area contributed by atoms with E-state index < -0.39 is 0 Å². The van der Waals surface area contributed by atoms with Crippen LogP contribution in [-0.4, -0.2) is 0 Å². The van der Waals surface area contributed by atoms with Gasteiger partial charge >= 0.3 is 0 Å². The van der Waals surface area contributed by atoms with Crippen molar-refractivity contribution in [1.82, 2.24) is 0 Å². The normalized spacial score (nSPS) is 12.6. The minimum absolute atomic E-state index is 0.249. The molecule has 0 aliphatic heterocycles. The summed E-state index contributed by atoms with van der Waals surface area (Å²) in [4.78, 5) is 0. The smallest absolute Gasteiger partial charge is 0.102 e. The van der Waals surface area contributed by atoms with Crippen LogP contribution in [0.25, 0.3) is 12.2 Å². The van der Waals surface area contributed by atoms with E-state index in [1.54, 1.807) is 0 Å². The van der Waals surface area contributed by atoms with E-state index in [2.05, 4.69) is 156 Å². The van der Waals surface area contributed by atoms with Crippen LogP contribution in [0.1, 0.15) is 34.5 Å². The Labute approximate surface area is 266 Å². The van der Waals surface area contributed by atoms with Crippen LogP contribution in [0.4, 0.5) is 22.7 Å². The number of para-hydroxylation sites is 2. The zero-order chi connectivity index (χ0) is 30.5. The van der Waals surface area contributed by atoms with E-state index >= 15 is 0 Å². The van der Waals surface area contributed by atoms with Crippen molar-refractivity contribution in [3.8, 4) is 0 Å². The molecule has 0 spiro atoms. The SMILES string of the molecule is C(=CC(OC(C=Cc1ccc(Nc2ccccc2)cc1)c1ccccc1)c1ccccc1)c1ccc(Nc2ccccc2)cc1. The molecule has 0 saturated carbocycles. The Morgan fingerprint density at radius 1 is 0.356 bits per heavy atom. The average molecular weight is 585 g/mol. The van der Waals surface area contributed by atoms with Crippen LogP contribution >= 0.6 is 0 Å². The molecule has 6 rings (SSSR count). The van der Waals surface area contributed by atoms with Crippen molar-refractivity contribution < 1.29 is 4.74 Å². The van der Waals surface area contributed by atoms with Crippen LogP contribution in [0.2, 0.25) is 0 Å². The predicted molar refractivity (Wildman–Crippen MR) is 190 cm³/mol. The number of anilines is 4. The molecule has 0 aromatic heterocycles. The standard InChI is InChI=1S/C42H36N2O/c1-5-13-35(14-6-1)41(31-25-33-21-27-39(28-22-33)43-37-17-9-3-10-18-37)45-42(36-15-7-2-8-16-36)32-26-34-23-29-40(30-24-34)44-38-19-11-4-12-20-38/h1-32,41-44H. The topological polar surface area (TPSA) is 33.3 Å². The second-order valence-electron chi connectivity index (χ2n) is 10.7. The van der Waals surface area contributed by atoms with Gasteiger partial charge in [0, 0.05) is 22.7 Å². The van der Waals surface area contributed by atoms with Crippen molar-refractivity contribution in [3.63, 3.8) is 0 Å². The number of ether oxygens (including phenoxy) is 1. The van der Waals surface area contributed by atoms with Gasteiger partial charge in [-0.3, -0.25) is 0 Å². The molecule has 2 N–H and O–H groups in total. The predicted octanol–water partition coefficient (Wildman–Crippen LogP) is 11.4. The number of rotatable bonds is 12. The lowest BCUT2D eigenvalue weighted by molar-refractivity contribution is 0.0408. The lowest BCUT2D eigenvalue weighted by Crippen LogP contribution is -2.07. The Hall–Kier alpha value is -5.64. The summed E-state index contributed by atoms with van der Waals surface area (Å²) in [6.07, 6.45) is 8.05. The van der Waals surface area contributed by atoms with Crippen LogP contribution in [-0.2, 0) is 4.74 Å². The molecule has 6 aromatic rings. The van der Waals surface area contributed by atoms with Gasteiger partial charge in [0.05, 0.1) is 0 Å². The molecule has 0 bridgehead atoms. The lowest BCUT2D eigenvalue weighted by Gasteiger charge is -2.22. The molecular formula is C42H36N2O. The Morgan fingerprint density at radius 3 is 1.02 bits per heavy atom. The third-order valence-corrected chi connectivity index (χ3v) is 7.42. The second-order valence-corrected chi connectivity index (χ2v) is 10.7. The molecule has 3 heteroatoms. The van der Waals surface area contributed by atoms with E-state index in [1.807, 2.05) is 48.5 Å². The number of hydrogen-bond donors (Lipinski definition) is 2. The second kappa shape index (κ2) is 15.2. The van der Waals surface area contributed by atoms with E-state index in [-0.39, 0.29) is 12.2 Å². The van der Waals surface area contributed by atoms with Crippen molar-refractivity contribution in [2.24, 2.45) is 0 Å². The van der Waals surface area contributed by atoms with Crippen molar-refractivity contribution in [1.29, 1.82) is 0 Å². The summed E-state index contributed by atoms with van der Waals surface area (Å²) < 4.78 is 6.87. The van der Waals surface area contributed by atoms with Gasteiger partial charge in [0.15, 0.2) is 0 Å². The van der Waals surface area contributed by atoms with Crippen LogP contribution in [0.15, 0.2) is 182 Å². The lowest BCUT2D eigenvalue weighted by atomic mass is 10.0. The van der Waals surface area contributed by atoms with Gasteiger partial charge in [0.1, 0.15) is 12.2 Å².